The van der Waals surface area contributed by atoms with Crippen molar-refractivity contribution in [3.8, 4) is 0 Å². The Morgan fingerprint density at radius 3 is 1.83 bits per heavy atom. The third kappa shape index (κ3) is 9.53. The average molecular weight is 322 g/mol. The summed E-state index contributed by atoms with van der Waals surface area (Å²) >= 11 is -0.394. The van der Waals surface area contributed by atoms with E-state index in [0.717, 1.165) is 0 Å². The molecule has 0 aromatic rings. The maximum Gasteiger partial charge on any atom is 0.400 e. The fourth-order valence-corrected chi connectivity index (χ4v) is 5.71. The second-order valence-electron chi connectivity index (χ2n) is 4.99. The maximum absolute atomic E-state index is 11.6. The SMILES string of the molecule is CC(C)C(OC(C)(C)C)OP(=O)(O)SP(=O)(O)O. The second-order valence-corrected chi connectivity index (χ2v) is 12.1. The van der Waals surface area contributed by atoms with Crippen LogP contribution in [0.1, 0.15) is 34.6 Å². The molecule has 10 heteroatoms. The van der Waals surface area contributed by atoms with E-state index in [-0.39, 0.29) is 5.92 Å². The molecule has 0 aromatic carbocycles. The summed E-state index contributed by atoms with van der Waals surface area (Å²) in [6, 6.07) is 0. The van der Waals surface area contributed by atoms with Crippen LogP contribution in [0.25, 0.3) is 0 Å². The Morgan fingerprint density at radius 2 is 1.56 bits per heavy atom. The second kappa shape index (κ2) is 6.37. The molecule has 0 aliphatic rings. The van der Waals surface area contributed by atoms with Crippen LogP contribution in [-0.4, -0.2) is 26.6 Å². The first-order chi connectivity index (χ1) is 7.72. The van der Waals surface area contributed by atoms with Gasteiger partial charge in [0.05, 0.1) is 16.6 Å². The predicted molar refractivity (Wildman–Crippen MR) is 70.0 cm³/mol. The van der Waals surface area contributed by atoms with Gasteiger partial charge in [0.15, 0.2) is 6.29 Å². The fraction of sp³-hybridized carbons (Fsp3) is 1.00. The Kier molecular flexibility index (Phi) is 6.59. The van der Waals surface area contributed by atoms with Gasteiger partial charge in [-0.1, -0.05) is 13.8 Å². The van der Waals surface area contributed by atoms with Crippen LogP contribution in [0.5, 0.6) is 0 Å². The van der Waals surface area contributed by atoms with Crippen molar-refractivity contribution < 1.29 is 33.1 Å². The molecule has 0 spiro atoms. The van der Waals surface area contributed by atoms with E-state index >= 15 is 0 Å². The van der Waals surface area contributed by atoms with Gasteiger partial charge in [0.25, 0.3) is 0 Å². The monoisotopic (exact) mass is 322 g/mol. The Hall–Kier alpha value is 0.610. The molecule has 7 nitrogen and oxygen atoms in total. The van der Waals surface area contributed by atoms with E-state index < -0.39 is 36.5 Å². The topological polar surface area (TPSA) is 113 Å². The smallest absolute Gasteiger partial charge is 0.346 e. The molecule has 0 saturated carbocycles. The fourth-order valence-electron chi connectivity index (χ4n) is 0.913. The van der Waals surface area contributed by atoms with Crippen molar-refractivity contribution in [2.45, 2.75) is 46.5 Å². The molecule has 0 aliphatic heterocycles. The van der Waals surface area contributed by atoms with E-state index in [1.807, 2.05) is 0 Å². The lowest BCUT2D eigenvalue weighted by Crippen LogP contribution is -2.32. The molecule has 0 aliphatic carbocycles. The van der Waals surface area contributed by atoms with Crippen molar-refractivity contribution >= 4 is 24.6 Å². The summed E-state index contributed by atoms with van der Waals surface area (Å²) in [6.45, 7) is -0.549. The molecule has 2 atom stereocenters. The van der Waals surface area contributed by atoms with Crippen LogP contribution in [-0.2, 0) is 18.4 Å². The highest BCUT2D eigenvalue weighted by Crippen LogP contribution is 2.73. The molecule has 110 valence electrons. The van der Waals surface area contributed by atoms with Gasteiger partial charge in [0, 0.05) is 5.92 Å². The Labute approximate surface area is 110 Å². The zero-order chi connectivity index (χ0) is 14.8. The Balaban J connectivity index is 4.79. The van der Waals surface area contributed by atoms with Crippen LogP contribution >= 0.6 is 24.6 Å². The highest BCUT2D eigenvalue weighted by molar-refractivity contribution is 8.84. The normalized spacial score (nSPS) is 18.7. The Bertz CT molecular complexity index is 359. The van der Waals surface area contributed by atoms with Crippen LogP contribution < -0.4 is 0 Å². The molecule has 18 heavy (non-hydrogen) atoms. The molecular weight excluding hydrogens is 302 g/mol. The number of hydrogen-bond donors (Lipinski definition) is 3. The summed E-state index contributed by atoms with van der Waals surface area (Å²) in [5.74, 6) is -0.248. The first kappa shape index (κ1) is 18.6. The molecule has 0 heterocycles. The molecule has 0 fully saturated rings. The van der Waals surface area contributed by atoms with E-state index in [4.69, 9.17) is 19.0 Å². The standard InChI is InChI=1S/C8H20O7P2S/c1-6(2)7(14-8(3,4)5)15-17(12,13)18-16(9,10)11/h6-7H,1-5H3,(H,12,13)(H2,9,10,11). The van der Waals surface area contributed by atoms with Crippen LogP contribution in [0.15, 0.2) is 0 Å². The quantitative estimate of drug-likeness (QED) is 0.505. The minimum absolute atomic E-state index is 0.248. The summed E-state index contributed by atoms with van der Waals surface area (Å²) in [4.78, 5) is 26.7. The van der Waals surface area contributed by atoms with Crippen molar-refractivity contribution in [3.05, 3.63) is 0 Å². The zero-order valence-electron chi connectivity index (χ0n) is 10.9. The van der Waals surface area contributed by atoms with E-state index in [1.165, 1.54) is 0 Å². The molecule has 0 bridgehead atoms. The van der Waals surface area contributed by atoms with Gasteiger partial charge in [-0.3, -0.25) is 4.52 Å². The molecule has 0 radical (unpaired) electrons. The van der Waals surface area contributed by atoms with Crippen LogP contribution in [0.4, 0.5) is 0 Å². The number of ether oxygens (including phenoxy) is 1. The summed E-state index contributed by atoms with van der Waals surface area (Å²) in [6.07, 6.45) is -1.03. The molecular formula is C8H20O7P2S. The van der Waals surface area contributed by atoms with E-state index in [0.29, 0.717) is 0 Å². The van der Waals surface area contributed by atoms with E-state index in [2.05, 4.69) is 0 Å². The molecule has 0 saturated heterocycles. The molecule has 3 N–H and O–H groups in total. The lowest BCUT2D eigenvalue weighted by molar-refractivity contribution is -0.172. The third-order valence-electron chi connectivity index (χ3n) is 1.46. The van der Waals surface area contributed by atoms with E-state index in [9.17, 15) is 14.0 Å². The largest absolute Gasteiger partial charge is 0.400 e. The molecule has 2 unspecified atom stereocenters. The summed E-state index contributed by atoms with van der Waals surface area (Å²) < 4.78 is 32.5. The van der Waals surface area contributed by atoms with Crippen LogP contribution in [0.3, 0.4) is 0 Å². The number of rotatable bonds is 6. The Morgan fingerprint density at radius 1 is 1.11 bits per heavy atom. The van der Waals surface area contributed by atoms with Crippen molar-refractivity contribution in [1.29, 1.82) is 0 Å². The predicted octanol–water partition coefficient (Wildman–Crippen LogP) is 2.73. The minimum atomic E-state index is -4.70. The van der Waals surface area contributed by atoms with Gasteiger partial charge >= 0.3 is 13.6 Å². The molecule has 0 aromatic heterocycles. The highest BCUT2D eigenvalue weighted by Gasteiger charge is 2.37. The average Bonchev–Trinajstić information content (AvgIpc) is 1.93. The van der Waals surface area contributed by atoms with Gasteiger partial charge in [-0.15, -0.1) is 0 Å². The first-order valence-corrected chi connectivity index (χ1v) is 10.4. The van der Waals surface area contributed by atoms with Gasteiger partial charge in [0.1, 0.15) is 0 Å². The zero-order valence-corrected chi connectivity index (χ0v) is 13.5. The maximum atomic E-state index is 11.6. The van der Waals surface area contributed by atoms with Crippen molar-refractivity contribution in [3.63, 3.8) is 0 Å². The van der Waals surface area contributed by atoms with Gasteiger partial charge in [-0.25, -0.2) is 9.13 Å². The van der Waals surface area contributed by atoms with Gasteiger partial charge < -0.3 is 19.4 Å². The number of hydrogen-bond acceptors (Lipinski definition) is 5. The highest BCUT2D eigenvalue weighted by atomic mass is 33.1. The van der Waals surface area contributed by atoms with Crippen LogP contribution in [0, 0.1) is 5.92 Å². The van der Waals surface area contributed by atoms with Crippen molar-refractivity contribution in [2.24, 2.45) is 5.92 Å². The van der Waals surface area contributed by atoms with Gasteiger partial charge in [-0.05, 0) is 20.8 Å². The molecule has 0 amide bonds. The van der Waals surface area contributed by atoms with Crippen molar-refractivity contribution in [1.82, 2.24) is 0 Å². The summed E-state index contributed by atoms with van der Waals surface area (Å²) in [7, 11) is 0. The lowest BCUT2D eigenvalue weighted by atomic mass is 10.1. The van der Waals surface area contributed by atoms with Gasteiger partial charge in [-0.2, -0.15) is 0 Å². The first-order valence-electron chi connectivity index (χ1n) is 5.18. The summed E-state index contributed by atoms with van der Waals surface area (Å²) in [5.41, 5.74) is -0.609. The lowest BCUT2D eigenvalue weighted by Gasteiger charge is -2.30. The van der Waals surface area contributed by atoms with Crippen LogP contribution in [0.2, 0.25) is 0 Å². The van der Waals surface area contributed by atoms with Crippen molar-refractivity contribution in [2.75, 3.05) is 0 Å². The third-order valence-corrected chi connectivity index (χ3v) is 7.64. The minimum Gasteiger partial charge on any atom is -0.346 e. The van der Waals surface area contributed by atoms with Gasteiger partial charge in [0.2, 0.25) is 0 Å². The van der Waals surface area contributed by atoms with E-state index in [1.54, 1.807) is 34.6 Å². The molecule has 0 rings (SSSR count). The summed E-state index contributed by atoms with van der Waals surface area (Å²) in [5, 5.41) is 0.